The third-order valence-corrected chi connectivity index (χ3v) is 5.31. The molecule has 1 aliphatic heterocycles. The lowest BCUT2D eigenvalue weighted by atomic mass is 10.1. The molecule has 1 aromatic carbocycles. The minimum Gasteiger partial charge on any atom is -0.378 e. The summed E-state index contributed by atoms with van der Waals surface area (Å²) in [5, 5.41) is 1.72. The van der Waals surface area contributed by atoms with Crippen molar-refractivity contribution in [3.8, 4) is 0 Å². The number of hydrogen-bond donors (Lipinski definition) is 1. The Labute approximate surface area is 138 Å². The van der Waals surface area contributed by atoms with Crippen LogP contribution in [-0.2, 0) is 11.3 Å². The summed E-state index contributed by atoms with van der Waals surface area (Å²) in [7, 11) is 0. The fraction of sp³-hybridized carbons (Fsp3) is 0.375. The predicted octanol–water partition coefficient (Wildman–Crippen LogP) is 3.93. The molecule has 1 aromatic heterocycles. The topological polar surface area (TPSA) is 60.5 Å². The highest BCUT2D eigenvalue weighted by atomic mass is 32.2. The lowest BCUT2D eigenvalue weighted by Gasteiger charge is -2.10. The minimum atomic E-state index is 0.610. The third-order valence-electron chi connectivity index (χ3n) is 3.38. The first-order valence-electron chi connectivity index (χ1n) is 7.37. The summed E-state index contributed by atoms with van der Waals surface area (Å²) in [5.74, 6) is 0.974. The Balaban J connectivity index is 1.34. The molecule has 0 atom stereocenters. The number of ether oxygens (including phenoxy) is 1. The minimum absolute atomic E-state index is 0.610. The quantitative estimate of drug-likeness (QED) is 0.780. The van der Waals surface area contributed by atoms with E-state index >= 15 is 0 Å². The molecule has 0 aliphatic carbocycles. The van der Waals surface area contributed by atoms with Crippen LogP contribution in [0.4, 0.5) is 0 Å². The summed E-state index contributed by atoms with van der Waals surface area (Å²) >= 11 is 3.32. The zero-order valence-electron chi connectivity index (χ0n) is 12.3. The van der Waals surface area contributed by atoms with Gasteiger partial charge in [0, 0.05) is 18.6 Å². The molecule has 0 saturated heterocycles. The molecule has 0 spiro atoms. The molecular weight excluding hydrogens is 314 g/mol. The molecule has 0 saturated carbocycles. The number of thiazole rings is 1. The number of nitrogens with zero attached hydrogens (tertiary/aromatic N) is 2. The maximum absolute atomic E-state index is 5.73. The second-order valence-corrected chi connectivity index (χ2v) is 7.24. The Kier molecular flexibility index (Phi) is 5.48. The average molecular weight is 333 g/mol. The number of fused-ring (bicyclic) bond motifs is 1. The normalized spacial score (nSPS) is 14.9. The summed E-state index contributed by atoms with van der Waals surface area (Å²) in [6.07, 6.45) is 5.18. The van der Waals surface area contributed by atoms with Crippen LogP contribution >= 0.6 is 23.1 Å². The van der Waals surface area contributed by atoms with Crippen molar-refractivity contribution in [2.24, 2.45) is 10.7 Å². The standard InChI is InChI=1S/C16H19N3OS2/c17-16-18-9-12(11-21-16)5-3-4-8-20-10-15-19-13-6-1-2-7-14(13)22-15/h1-2,6-7,9H,3-5,8,10-11H2,(H2,17,18). The molecule has 0 bridgehead atoms. The SMILES string of the molecule is NC1=NC=C(CCCCOCc2nc3ccccc3s2)CS1. The van der Waals surface area contributed by atoms with E-state index in [0.717, 1.165) is 42.1 Å². The number of unbranched alkanes of at least 4 members (excludes halogenated alkanes) is 1. The molecule has 0 amide bonds. The highest BCUT2D eigenvalue weighted by Gasteiger charge is 2.06. The van der Waals surface area contributed by atoms with Gasteiger partial charge in [-0.25, -0.2) is 9.98 Å². The monoisotopic (exact) mass is 333 g/mol. The summed E-state index contributed by atoms with van der Waals surface area (Å²) in [4.78, 5) is 8.71. The first-order valence-corrected chi connectivity index (χ1v) is 9.17. The maximum atomic E-state index is 5.73. The van der Waals surface area contributed by atoms with Gasteiger partial charge in [-0.3, -0.25) is 0 Å². The van der Waals surface area contributed by atoms with E-state index in [0.29, 0.717) is 11.8 Å². The number of nitrogens with two attached hydrogens (primary N) is 1. The van der Waals surface area contributed by atoms with Crippen LogP contribution < -0.4 is 5.73 Å². The van der Waals surface area contributed by atoms with Gasteiger partial charge >= 0.3 is 0 Å². The number of aromatic nitrogens is 1. The van der Waals surface area contributed by atoms with Crippen molar-refractivity contribution in [3.05, 3.63) is 41.0 Å². The van der Waals surface area contributed by atoms with E-state index in [9.17, 15) is 0 Å². The lowest BCUT2D eigenvalue weighted by Crippen LogP contribution is -2.10. The molecule has 6 heteroatoms. The van der Waals surface area contributed by atoms with E-state index in [2.05, 4.69) is 16.0 Å². The van der Waals surface area contributed by atoms with Crippen LogP contribution in [0.25, 0.3) is 10.2 Å². The highest BCUT2D eigenvalue weighted by molar-refractivity contribution is 8.14. The van der Waals surface area contributed by atoms with E-state index in [-0.39, 0.29) is 0 Å². The van der Waals surface area contributed by atoms with Gasteiger partial charge in [0.25, 0.3) is 0 Å². The van der Waals surface area contributed by atoms with E-state index in [1.165, 1.54) is 10.3 Å². The van der Waals surface area contributed by atoms with Gasteiger partial charge in [0.1, 0.15) is 5.01 Å². The molecule has 2 aromatic rings. The van der Waals surface area contributed by atoms with Gasteiger partial charge in [0.2, 0.25) is 0 Å². The van der Waals surface area contributed by atoms with Crippen LogP contribution in [0.1, 0.15) is 24.3 Å². The summed E-state index contributed by atoms with van der Waals surface area (Å²) < 4.78 is 6.96. The number of hydrogen-bond acceptors (Lipinski definition) is 6. The van der Waals surface area contributed by atoms with Crippen LogP contribution in [0, 0.1) is 0 Å². The van der Waals surface area contributed by atoms with Crippen molar-refractivity contribution in [2.75, 3.05) is 12.4 Å². The van der Waals surface area contributed by atoms with Gasteiger partial charge in [-0.2, -0.15) is 0 Å². The molecule has 0 unspecified atom stereocenters. The smallest absolute Gasteiger partial charge is 0.158 e. The van der Waals surface area contributed by atoms with E-state index in [1.54, 1.807) is 23.1 Å². The Hall–Kier alpha value is -1.37. The van der Waals surface area contributed by atoms with E-state index in [1.807, 2.05) is 24.4 Å². The lowest BCUT2D eigenvalue weighted by molar-refractivity contribution is 0.117. The largest absolute Gasteiger partial charge is 0.378 e. The summed E-state index contributed by atoms with van der Waals surface area (Å²) in [6.45, 7) is 1.39. The molecule has 22 heavy (non-hydrogen) atoms. The zero-order valence-corrected chi connectivity index (χ0v) is 14.0. The van der Waals surface area contributed by atoms with E-state index in [4.69, 9.17) is 10.5 Å². The zero-order chi connectivity index (χ0) is 15.2. The van der Waals surface area contributed by atoms with Crippen molar-refractivity contribution in [1.82, 2.24) is 4.98 Å². The van der Waals surface area contributed by atoms with E-state index < -0.39 is 0 Å². The van der Waals surface area contributed by atoms with Crippen molar-refractivity contribution >= 4 is 38.5 Å². The van der Waals surface area contributed by atoms with Gasteiger partial charge in [-0.05, 0) is 37.0 Å². The van der Waals surface area contributed by atoms with Crippen LogP contribution in [0.3, 0.4) is 0 Å². The average Bonchev–Trinajstić information content (AvgIpc) is 2.95. The van der Waals surface area contributed by atoms with Gasteiger partial charge < -0.3 is 10.5 Å². The molecule has 3 rings (SSSR count). The Morgan fingerprint density at radius 1 is 1.23 bits per heavy atom. The summed E-state index contributed by atoms with van der Waals surface area (Å²) in [6, 6.07) is 8.20. The van der Waals surface area contributed by atoms with Gasteiger partial charge in [0.15, 0.2) is 5.17 Å². The number of para-hydroxylation sites is 1. The molecule has 2 heterocycles. The highest BCUT2D eigenvalue weighted by Crippen LogP contribution is 2.22. The third kappa shape index (κ3) is 4.32. The van der Waals surface area contributed by atoms with Gasteiger partial charge in [0.05, 0.1) is 16.8 Å². The number of thioether (sulfide) groups is 1. The molecule has 116 valence electrons. The van der Waals surface area contributed by atoms with Crippen molar-refractivity contribution in [1.29, 1.82) is 0 Å². The molecule has 1 aliphatic rings. The Bertz CT molecular complexity index is 661. The Morgan fingerprint density at radius 3 is 2.95 bits per heavy atom. The Morgan fingerprint density at radius 2 is 2.14 bits per heavy atom. The van der Waals surface area contributed by atoms with Gasteiger partial charge in [-0.1, -0.05) is 23.9 Å². The molecule has 2 N–H and O–H groups in total. The first-order chi connectivity index (χ1) is 10.8. The van der Waals surface area contributed by atoms with Crippen LogP contribution in [0.2, 0.25) is 0 Å². The van der Waals surface area contributed by atoms with Crippen molar-refractivity contribution < 1.29 is 4.74 Å². The number of rotatable bonds is 7. The maximum Gasteiger partial charge on any atom is 0.158 e. The van der Waals surface area contributed by atoms with Crippen LogP contribution in [-0.4, -0.2) is 22.5 Å². The fourth-order valence-corrected chi connectivity index (χ4v) is 3.81. The molecule has 4 nitrogen and oxygen atoms in total. The molecule has 0 fully saturated rings. The van der Waals surface area contributed by atoms with Crippen LogP contribution in [0.15, 0.2) is 41.0 Å². The molecule has 0 radical (unpaired) electrons. The second kappa shape index (κ2) is 7.76. The molecular formula is C16H19N3OS2. The number of amidine groups is 1. The summed E-state index contributed by atoms with van der Waals surface area (Å²) in [5.41, 5.74) is 8.05. The second-order valence-electron chi connectivity index (χ2n) is 5.13. The van der Waals surface area contributed by atoms with Crippen LogP contribution in [0.5, 0.6) is 0 Å². The number of benzene rings is 1. The number of aliphatic imine (C=N–C) groups is 1. The predicted molar refractivity (Wildman–Crippen MR) is 95.3 cm³/mol. The fourth-order valence-electron chi connectivity index (χ4n) is 2.23. The first kappa shape index (κ1) is 15.5. The van der Waals surface area contributed by atoms with Gasteiger partial charge in [-0.15, -0.1) is 11.3 Å². The van der Waals surface area contributed by atoms with Crippen molar-refractivity contribution in [3.63, 3.8) is 0 Å². The van der Waals surface area contributed by atoms with Crippen molar-refractivity contribution in [2.45, 2.75) is 25.9 Å².